The molecule has 0 aromatic rings. The highest BCUT2D eigenvalue weighted by atomic mass is 19.4. The summed E-state index contributed by atoms with van der Waals surface area (Å²) >= 11 is 0. The number of carbonyl (C=O) groups is 1. The van der Waals surface area contributed by atoms with E-state index < -0.39 is 18.1 Å². The topological polar surface area (TPSA) is 29.1 Å². The molecule has 2 nitrogen and oxygen atoms in total. The summed E-state index contributed by atoms with van der Waals surface area (Å²) < 4.78 is 36.1. The summed E-state index contributed by atoms with van der Waals surface area (Å²) in [6.07, 6.45) is 0.0845. The van der Waals surface area contributed by atoms with Crippen LogP contribution in [0.15, 0.2) is 36.0 Å². The van der Waals surface area contributed by atoms with Gasteiger partial charge in [-0.3, -0.25) is 4.79 Å². The molecule has 0 saturated heterocycles. The van der Waals surface area contributed by atoms with Crippen LogP contribution in [-0.4, -0.2) is 18.1 Å². The molecule has 0 spiro atoms. The first-order valence-corrected chi connectivity index (χ1v) is 5.06. The van der Waals surface area contributed by atoms with Crippen LogP contribution in [0.25, 0.3) is 0 Å². The van der Waals surface area contributed by atoms with Crippen molar-refractivity contribution < 1.29 is 18.0 Å². The van der Waals surface area contributed by atoms with Crippen LogP contribution in [0, 0.1) is 0 Å². The maximum absolute atomic E-state index is 12.0. The Hall–Kier alpha value is -1.52. The molecule has 0 aliphatic carbocycles. The fourth-order valence-corrected chi connectivity index (χ4v) is 1.09. The Balaban J connectivity index is 4.64. The summed E-state index contributed by atoms with van der Waals surface area (Å²) in [5.74, 6) is -1.94. The third-order valence-electron chi connectivity index (χ3n) is 2.00. The number of halogens is 3. The van der Waals surface area contributed by atoms with Gasteiger partial charge in [0.25, 0.3) is 0 Å². The maximum atomic E-state index is 12.0. The van der Waals surface area contributed by atoms with E-state index in [9.17, 15) is 18.0 Å². The molecule has 1 amide bonds. The molecule has 0 fully saturated rings. The Morgan fingerprint density at radius 1 is 1.35 bits per heavy atom. The van der Waals surface area contributed by atoms with E-state index >= 15 is 0 Å². The number of amides is 1. The molecule has 0 aromatic heterocycles. The van der Waals surface area contributed by atoms with Gasteiger partial charge in [0.15, 0.2) is 0 Å². The standard InChI is InChI=1S/C12H16F3NO/c1-5-10(7-6-8(2)3)9(4)16-11(17)12(13,14)15/h5-7,9H,2H2,1,3-4H3,(H,16,17)/b7-6-,10-5?/t9-/m0/s1. The van der Waals surface area contributed by atoms with Crippen molar-refractivity contribution in [3.05, 3.63) is 36.0 Å². The highest BCUT2D eigenvalue weighted by molar-refractivity contribution is 5.82. The van der Waals surface area contributed by atoms with Gasteiger partial charge in [0.1, 0.15) is 0 Å². The molecule has 1 N–H and O–H groups in total. The summed E-state index contributed by atoms with van der Waals surface area (Å²) in [6, 6.07) is -0.704. The van der Waals surface area contributed by atoms with Crippen LogP contribution < -0.4 is 5.32 Å². The lowest BCUT2D eigenvalue weighted by molar-refractivity contribution is -0.174. The van der Waals surface area contributed by atoms with Crippen molar-refractivity contribution in [2.45, 2.75) is 33.0 Å². The second-order valence-electron chi connectivity index (χ2n) is 3.66. The van der Waals surface area contributed by atoms with Crippen LogP contribution in [0.2, 0.25) is 0 Å². The van der Waals surface area contributed by atoms with E-state index in [1.165, 1.54) is 6.92 Å². The van der Waals surface area contributed by atoms with E-state index in [2.05, 4.69) is 6.58 Å². The second kappa shape index (κ2) is 6.27. The van der Waals surface area contributed by atoms with Gasteiger partial charge < -0.3 is 5.32 Å². The molecule has 0 heterocycles. The van der Waals surface area contributed by atoms with Crippen molar-refractivity contribution in [2.75, 3.05) is 0 Å². The highest BCUT2D eigenvalue weighted by Crippen LogP contribution is 2.16. The first-order chi connectivity index (χ1) is 7.68. The fourth-order valence-electron chi connectivity index (χ4n) is 1.09. The number of rotatable bonds is 4. The van der Waals surface area contributed by atoms with Gasteiger partial charge in [-0.25, -0.2) is 0 Å². The predicted octanol–water partition coefficient (Wildman–Crippen LogP) is 3.13. The first-order valence-electron chi connectivity index (χ1n) is 5.06. The molecule has 0 unspecified atom stereocenters. The fraction of sp³-hybridized carbons (Fsp3) is 0.417. The van der Waals surface area contributed by atoms with Gasteiger partial charge in [-0.05, 0) is 26.3 Å². The van der Waals surface area contributed by atoms with Crippen molar-refractivity contribution in [1.82, 2.24) is 5.32 Å². The minimum Gasteiger partial charge on any atom is -0.342 e. The van der Waals surface area contributed by atoms with Crippen molar-refractivity contribution in [3.63, 3.8) is 0 Å². The number of hydrogen-bond donors (Lipinski definition) is 1. The number of allylic oxidation sites excluding steroid dienone is 3. The van der Waals surface area contributed by atoms with E-state index in [-0.39, 0.29) is 0 Å². The highest BCUT2D eigenvalue weighted by Gasteiger charge is 2.39. The SMILES string of the molecule is C=C(C)/C=C\C(=CC)[C@H](C)NC(=O)C(F)(F)F. The zero-order valence-corrected chi connectivity index (χ0v) is 10.1. The summed E-state index contributed by atoms with van der Waals surface area (Å²) in [4.78, 5) is 10.7. The van der Waals surface area contributed by atoms with Gasteiger partial charge in [-0.2, -0.15) is 13.2 Å². The number of alkyl halides is 3. The Morgan fingerprint density at radius 3 is 2.24 bits per heavy atom. The second-order valence-corrected chi connectivity index (χ2v) is 3.66. The lowest BCUT2D eigenvalue weighted by atomic mass is 10.1. The van der Waals surface area contributed by atoms with Crippen LogP contribution >= 0.6 is 0 Å². The molecule has 5 heteroatoms. The van der Waals surface area contributed by atoms with Crippen LogP contribution in [0.1, 0.15) is 20.8 Å². The average molecular weight is 247 g/mol. The Kier molecular flexibility index (Phi) is 5.71. The third kappa shape index (κ3) is 5.94. The molecule has 17 heavy (non-hydrogen) atoms. The minimum absolute atomic E-state index is 0.589. The number of hydrogen-bond acceptors (Lipinski definition) is 1. The lowest BCUT2D eigenvalue weighted by Crippen LogP contribution is -2.42. The van der Waals surface area contributed by atoms with Gasteiger partial charge >= 0.3 is 12.1 Å². The summed E-state index contributed by atoms with van der Waals surface area (Å²) in [6.45, 7) is 8.58. The average Bonchev–Trinajstić information content (AvgIpc) is 2.16. The molecule has 96 valence electrons. The van der Waals surface area contributed by atoms with E-state index in [4.69, 9.17) is 0 Å². The van der Waals surface area contributed by atoms with E-state index in [0.717, 1.165) is 5.57 Å². The molecular weight excluding hydrogens is 231 g/mol. The molecule has 0 rings (SSSR count). The Morgan fingerprint density at radius 2 is 1.88 bits per heavy atom. The van der Waals surface area contributed by atoms with Gasteiger partial charge in [-0.15, -0.1) is 0 Å². The van der Waals surface area contributed by atoms with E-state index in [1.807, 2.05) is 5.32 Å². The summed E-state index contributed by atoms with van der Waals surface area (Å²) in [5, 5.41) is 1.88. The summed E-state index contributed by atoms with van der Waals surface area (Å²) in [5.41, 5.74) is 1.37. The molecule has 0 aromatic carbocycles. The quantitative estimate of drug-likeness (QED) is 0.760. The molecule has 1 atom stereocenters. The van der Waals surface area contributed by atoms with Crippen molar-refractivity contribution in [2.24, 2.45) is 0 Å². The van der Waals surface area contributed by atoms with Crippen LogP contribution in [0.5, 0.6) is 0 Å². The third-order valence-corrected chi connectivity index (χ3v) is 2.00. The zero-order chi connectivity index (χ0) is 13.6. The van der Waals surface area contributed by atoms with E-state index in [1.54, 1.807) is 32.1 Å². The largest absolute Gasteiger partial charge is 0.471 e. The van der Waals surface area contributed by atoms with Gasteiger partial charge in [0, 0.05) is 0 Å². The van der Waals surface area contributed by atoms with Crippen LogP contribution in [0.3, 0.4) is 0 Å². The smallest absolute Gasteiger partial charge is 0.342 e. The maximum Gasteiger partial charge on any atom is 0.471 e. The molecule has 0 saturated carbocycles. The summed E-state index contributed by atoms with van der Waals surface area (Å²) in [7, 11) is 0. The van der Waals surface area contributed by atoms with Crippen LogP contribution in [0.4, 0.5) is 13.2 Å². The molecule has 0 radical (unpaired) electrons. The predicted molar refractivity (Wildman–Crippen MR) is 61.4 cm³/mol. The number of nitrogens with one attached hydrogen (secondary N) is 1. The molecule has 0 bridgehead atoms. The van der Waals surface area contributed by atoms with Crippen molar-refractivity contribution >= 4 is 5.91 Å². The molecule has 0 aliphatic rings. The van der Waals surface area contributed by atoms with E-state index in [0.29, 0.717) is 5.57 Å². The first kappa shape index (κ1) is 15.5. The number of carbonyl (C=O) groups excluding carboxylic acids is 1. The zero-order valence-electron chi connectivity index (χ0n) is 10.1. The normalized spacial score (nSPS) is 14.8. The minimum atomic E-state index is -4.86. The van der Waals surface area contributed by atoms with Gasteiger partial charge in [-0.1, -0.05) is 30.4 Å². The van der Waals surface area contributed by atoms with Crippen molar-refractivity contribution in [1.29, 1.82) is 0 Å². The Bertz CT molecular complexity index is 353. The molecule has 0 aliphatic heterocycles. The Labute approximate surface area is 98.9 Å². The molecular formula is C12H16F3NO. The monoisotopic (exact) mass is 247 g/mol. The van der Waals surface area contributed by atoms with Gasteiger partial charge in [0.05, 0.1) is 6.04 Å². The lowest BCUT2D eigenvalue weighted by Gasteiger charge is -2.16. The van der Waals surface area contributed by atoms with Crippen molar-refractivity contribution in [3.8, 4) is 0 Å². The van der Waals surface area contributed by atoms with Gasteiger partial charge in [0.2, 0.25) is 0 Å². The van der Waals surface area contributed by atoms with Crippen LogP contribution in [-0.2, 0) is 4.79 Å².